The molecule has 2 heterocycles. The lowest BCUT2D eigenvalue weighted by molar-refractivity contribution is -0.122. The van der Waals surface area contributed by atoms with Crippen molar-refractivity contribution < 1.29 is 22.7 Å². The highest BCUT2D eigenvalue weighted by Gasteiger charge is 2.32. The summed E-state index contributed by atoms with van der Waals surface area (Å²) < 4.78 is 38.9. The van der Waals surface area contributed by atoms with E-state index in [1.165, 1.54) is 10.4 Å². The van der Waals surface area contributed by atoms with Crippen LogP contribution in [0.5, 0.6) is 11.5 Å². The molecule has 7 nitrogen and oxygen atoms in total. The van der Waals surface area contributed by atoms with Crippen LogP contribution in [0.2, 0.25) is 0 Å². The molecule has 1 saturated heterocycles. The Morgan fingerprint density at radius 1 is 1.21 bits per heavy atom. The van der Waals surface area contributed by atoms with Crippen LogP contribution in [-0.4, -0.2) is 44.4 Å². The van der Waals surface area contributed by atoms with Gasteiger partial charge in [0.15, 0.2) is 6.10 Å². The Morgan fingerprint density at radius 2 is 1.97 bits per heavy atom. The molecule has 1 amide bonds. The number of fused-ring (bicyclic) bond motifs is 1. The van der Waals surface area contributed by atoms with Crippen molar-refractivity contribution in [3.63, 3.8) is 0 Å². The third-order valence-electron chi connectivity index (χ3n) is 5.13. The molecular weight excluding hydrogens is 392 g/mol. The fourth-order valence-electron chi connectivity index (χ4n) is 3.68. The van der Waals surface area contributed by atoms with Crippen molar-refractivity contribution in [2.45, 2.75) is 37.2 Å². The average molecular weight is 416 g/mol. The van der Waals surface area contributed by atoms with Crippen LogP contribution in [0.3, 0.4) is 0 Å². The number of nitrogens with one attached hydrogen (secondary N) is 1. The molecule has 154 valence electrons. The fraction of sp³-hybridized carbons (Fsp3) is 0.381. The molecule has 2 aliphatic rings. The molecule has 0 aliphatic carbocycles. The number of carbonyl (C=O) groups is 1. The summed E-state index contributed by atoms with van der Waals surface area (Å²) in [7, 11) is -3.69. The molecule has 0 radical (unpaired) electrons. The van der Waals surface area contributed by atoms with E-state index in [1.807, 2.05) is 24.3 Å². The number of carbonyl (C=O) groups excluding carboxylic acids is 1. The number of rotatable bonds is 6. The van der Waals surface area contributed by atoms with Crippen molar-refractivity contribution in [1.82, 2.24) is 4.31 Å². The summed E-state index contributed by atoms with van der Waals surface area (Å²) in [6.45, 7) is 3.15. The van der Waals surface area contributed by atoms with Gasteiger partial charge in [0.2, 0.25) is 10.0 Å². The molecule has 2 aliphatic heterocycles. The molecule has 1 fully saturated rings. The summed E-state index contributed by atoms with van der Waals surface area (Å²) in [5.74, 6) is 0.688. The zero-order valence-electron chi connectivity index (χ0n) is 16.3. The van der Waals surface area contributed by atoms with Gasteiger partial charge >= 0.3 is 0 Å². The Bertz CT molecular complexity index is 990. The quantitative estimate of drug-likeness (QED) is 0.783. The van der Waals surface area contributed by atoms with E-state index < -0.39 is 16.1 Å². The Hall–Kier alpha value is -2.58. The van der Waals surface area contributed by atoms with E-state index in [-0.39, 0.29) is 10.8 Å². The summed E-state index contributed by atoms with van der Waals surface area (Å²) in [6, 6.07) is 12.2. The number of hydrogen-bond acceptors (Lipinski definition) is 5. The Morgan fingerprint density at radius 3 is 2.69 bits per heavy atom. The SMILES string of the molecule is CCOc1ccc(NC(=O)C2Cc3ccccc3O2)cc1S(=O)(=O)N1CCCC1. The van der Waals surface area contributed by atoms with E-state index in [2.05, 4.69) is 5.32 Å². The van der Waals surface area contributed by atoms with Crippen LogP contribution in [0.15, 0.2) is 47.4 Å². The first-order valence-corrected chi connectivity index (χ1v) is 11.3. The Balaban J connectivity index is 1.56. The zero-order valence-corrected chi connectivity index (χ0v) is 17.1. The van der Waals surface area contributed by atoms with Crippen LogP contribution in [0.4, 0.5) is 5.69 Å². The lowest BCUT2D eigenvalue weighted by atomic mass is 10.1. The summed E-state index contributed by atoms with van der Waals surface area (Å²) in [4.78, 5) is 12.8. The lowest BCUT2D eigenvalue weighted by Gasteiger charge is -2.19. The van der Waals surface area contributed by atoms with Gasteiger partial charge in [-0.2, -0.15) is 4.31 Å². The second kappa shape index (κ2) is 8.04. The molecule has 0 spiro atoms. The van der Waals surface area contributed by atoms with Crippen molar-refractivity contribution in [3.8, 4) is 11.5 Å². The molecule has 1 atom stereocenters. The van der Waals surface area contributed by atoms with Crippen LogP contribution in [-0.2, 0) is 21.2 Å². The topological polar surface area (TPSA) is 84.9 Å². The Kier molecular flexibility index (Phi) is 5.47. The maximum absolute atomic E-state index is 13.1. The maximum atomic E-state index is 13.1. The second-order valence-electron chi connectivity index (χ2n) is 7.11. The molecular formula is C21H24N2O5S. The third kappa shape index (κ3) is 3.95. The van der Waals surface area contributed by atoms with Gasteiger partial charge in [-0.25, -0.2) is 8.42 Å². The lowest BCUT2D eigenvalue weighted by Crippen LogP contribution is -2.32. The first kappa shape index (κ1) is 19.7. The van der Waals surface area contributed by atoms with E-state index in [1.54, 1.807) is 19.1 Å². The van der Waals surface area contributed by atoms with E-state index in [9.17, 15) is 13.2 Å². The van der Waals surface area contributed by atoms with Gasteiger partial charge in [0, 0.05) is 25.2 Å². The van der Waals surface area contributed by atoms with Crippen molar-refractivity contribution in [1.29, 1.82) is 0 Å². The highest BCUT2D eigenvalue weighted by molar-refractivity contribution is 7.89. The van der Waals surface area contributed by atoms with Gasteiger partial charge in [0.05, 0.1) is 6.61 Å². The van der Waals surface area contributed by atoms with Crippen molar-refractivity contribution in [3.05, 3.63) is 48.0 Å². The minimum absolute atomic E-state index is 0.0784. The molecule has 8 heteroatoms. The van der Waals surface area contributed by atoms with Gasteiger partial charge in [-0.1, -0.05) is 18.2 Å². The molecule has 2 aromatic carbocycles. The number of amides is 1. The molecule has 0 aromatic heterocycles. The number of ether oxygens (including phenoxy) is 2. The first-order valence-electron chi connectivity index (χ1n) is 9.81. The maximum Gasteiger partial charge on any atom is 0.265 e. The molecule has 2 aromatic rings. The highest BCUT2D eigenvalue weighted by Crippen LogP contribution is 2.33. The fourth-order valence-corrected chi connectivity index (χ4v) is 5.35. The first-order chi connectivity index (χ1) is 14.0. The number of nitrogens with zero attached hydrogens (tertiary/aromatic N) is 1. The van der Waals surface area contributed by atoms with Crippen molar-refractivity contribution in [2.75, 3.05) is 25.0 Å². The van der Waals surface area contributed by atoms with Gasteiger partial charge in [-0.15, -0.1) is 0 Å². The molecule has 1 N–H and O–H groups in total. The van der Waals surface area contributed by atoms with E-state index in [4.69, 9.17) is 9.47 Å². The summed E-state index contributed by atoms with van der Waals surface area (Å²) >= 11 is 0. The molecule has 0 saturated carbocycles. The number of sulfonamides is 1. The van der Waals surface area contributed by atoms with E-state index >= 15 is 0 Å². The van der Waals surface area contributed by atoms with Crippen LogP contribution < -0.4 is 14.8 Å². The number of para-hydroxylation sites is 1. The van der Waals surface area contributed by atoms with E-state index in [0.29, 0.717) is 43.3 Å². The monoisotopic (exact) mass is 416 g/mol. The minimum atomic E-state index is -3.69. The standard InChI is InChI=1S/C21H24N2O5S/c1-2-27-18-10-9-16(14-20(18)29(25,26)23-11-5-6-12-23)22-21(24)19-13-15-7-3-4-8-17(15)28-19/h3-4,7-10,14,19H,2,5-6,11-13H2,1H3,(H,22,24). The van der Waals surface area contributed by atoms with Crippen LogP contribution in [0.1, 0.15) is 25.3 Å². The Labute approximate surface area is 170 Å². The number of anilines is 1. The molecule has 29 heavy (non-hydrogen) atoms. The van der Waals surface area contributed by atoms with E-state index in [0.717, 1.165) is 18.4 Å². The average Bonchev–Trinajstić information content (AvgIpc) is 3.39. The predicted octanol–water partition coefficient (Wildman–Crippen LogP) is 2.81. The smallest absolute Gasteiger partial charge is 0.265 e. The molecule has 4 rings (SSSR count). The van der Waals surface area contributed by atoms with Gasteiger partial charge in [0.25, 0.3) is 5.91 Å². The number of hydrogen-bond donors (Lipinski definition) is 1. The van der Waals surface area contributed by atoms with Gasteiger partial charge in [-0.05, 0) is 49.6 Å². The van der Waals surface area contributed by atoms with Crippen LogP contribution in [0.25, 0.3) is 0 Å². The van der Waals surface area contributed by atoms with Gasteiger partial charge in [-0.3, -0.25) is 4.79 Å². The van der Waals surface area contributed by atoms with Gasteiger partial charge in [0.1, 0.15) is 16.4 Å². The molecule has 1 unspecified atom stereocenters. The van der Waals surface area contributed by atoms with Crippen molar-refractivity contribution >= 4 is 21.6 Å². The highest BCUT2D eigenvalue weighted by atomic mass is 32.2. The normalized spacial score (nSPS) is 18.9. The summed E-state index contributed by atoms with van der Waals surface area (Å²) in [5.41, 5.74) is 1.38. The largest absolute Gasteiger partial charge is 0.492 e. The minimum Gasteiger partial charge on any atom is -0.492 e. The second-order valence-corrected chi connectivity index (χ2v) is 9.02. The van der Waals surface area contributed by atoms with Crippen LogP contribution >= 0.6 is 0 Å². The summed E-state index contributed by atoms with van der Waals surface area (Å²) in [6.07, 6.45) is 1.54. The summed E-state index contributed by atoms with van der Waals surface area (Å²) in [5, 5.41) is 2.79. The third-order valence-corrected chi connectivity index (χ3v) is 7.05. The molecule has 0 bridgehead atoms. The van der Waals surface area contributed by atoms with Crippen LogP contribution in [0, 0.1) is 0 Å². The number of benzene rings is 2. The predicted molar refractivity (Wildman–Crippen MR) is 109 cm³/mol. The van der Waals surface area contributed by atoms with Crippen molar-refractivity contribution in [2.24, 2.45) is 0 Å². The zero-order chi connectivity index (χ0) is 20.4. The van der Waals surface area contributed by atoms with Gasteiger partial charge < -0.3 is 14.8 Å².